The molecular formula is C18H13N5O3S. The van der Waals surface area contributed by atoms with Crippen molar-refractivity contribution in [2.24, 2.45) is 0 Å². The van der Waals surface area contributed by atoms with E-state index in [0.717, 1.165) is 21.4 Å². The van der Waals surface area contributed by atoms with E-state index in [1.807, 2.05) is 6.92 Å². The quantitative estimate of drug-likeness (QED) is 0.517. The summed E-state index contributed by atoms with van der Waals surface area (Å²) in [5, 5.41) is 23.8. The summed E-state index contributed by atoms with van der Waals surface area (Å²) < 4.78 is 0.805. The number of benzene rings is 1. The largest absolute Gasteiger partial charge is 0.383 e. The number of nitrogens with two attached hydrogens (primary N) is 1. The summed E-state index contributed by atoms with van der Waals surface area (Å²) in [4.78, 5) is 27.1. The van der Waals surface area contributed by atoms with Crippen molar-refractivity contribution in [1.82, 2.24) is 4.98 Å². The summed E-state index contributed by atoms with van der Waals surface area (Å²) in [6.45, 7) is 1.81. The van der Waals surface area contributed by atoms with E-state index < -0.39 is 4.92 Å². The maximum atomic E-state index is 12.2. The number of anilines is 2. The highest BCUT2D eigenvalue weighted by Crippen LogP contribution is 2.47. The Morgan fingerprint density at radius 2 is 2.11 bits per heavy atom. The third-order valence-corrected chi connectivity index (χ3v) is 5.96. The molecule has 27 heavy (non-hydrogen) atoms. The Morgan fingerprint density at radius 3 is 2.74 bits per heavy atom. The van der Waals surface area contributed by atoms with Crippen LogP contribution in [0, 0.1) is 28.4 Å². The molecule has 1 aliphatic rings. The molecule has 3 heterocycles. The molecule has 0 saturated carbocycles. The van der Waals surface area contributed by atoms with E-state index in [-0.39, 0.29) is 29.8 Å². The Kier molecular flexibility index (Phi) is 3.78. The smallest absolute Gasteiger partial charge is 0.269 e. The van der Waals surface area contributed by atoms with Gasteiger partial charge in [0, 0.05) is 30.0 Å². The van der Waals surface area contributed by atoms with E-state index in [1.54, 1.807) is 12.1 Å². The number of thiophene rings is 1. The van der Waals surface area contributed by atoms with Crippen molar-refractivity contribution in [2.45, 2.75) is 19.3 Å². The lowest BCUT2D eigenvalue weighted by atomic mass is 9.86. The first-order valence-electron chi connectivity index (χ1n) is 8.07. The molecule has 8 nitrogen and oxygen atoms in total. The van der Waals surface area contributed by atoms with Crippen LogP contribution in [0.25, 0.3) is 10.2 Å². The number of carbonyl (C=O) groups is 1. The van der Waals surface area contributed by atoms with E-state index in [4.69, 9.17) is 5.73 Å². The molecule has 0 unspecified atom stereocenters. The maximum Gasteiger partial charge on any atom is 0.269 e. The number of carbonyl (C=O) groups excluding carboxylic acids is 1. The molecule has 0 radical (unpaired) electrons. The zero-order valence-corrected chi connectivity index (χ0v) is 15.0. The fourth-order valence-electron chi connectivity index (χ4n) is 3.42. The highest BCUT2D eigenvalue weighted by atomic mass is 32.1. The number of fused-ring (bicyclic) bond motifs is 3. The van der Waals surface area contributed by atoms with Crippen molar-refractivity contribution in [3.05, 3.63) is 56.6 Å². The predicted molar refractivity (Wildman–Crippen MR) is 102 cm³/mol. The lowest BCUT2D eigenvalue weighted by molar-refractivity contribution is -0.384. The van der Waals surface area contributed by atoms with Crippen molar-refractivity contribution in [3.8, 4) is 6.07 Å². The van der Waals surface area contributed by atoms with Gasteiger partial charge in [-0.3, -0.25) is 14.9 Å². The molecule has 0 aliphatic carbocycles. The van der Waals surface area contributed by atoms with E-state index in [0.29, 0.717) is 16.1 Å². The summed E-state index contributed by atoms with van der Waals surface area (Å²) in [5.74, 6) is -0.270. The fraction of sp³-hybridized carbons (Fsp3) is 0.167. The van der Waals surface area contributed by atoms with Gasteiger partial charge in [-0.05, 0) is 18.1 Å². The zero-order valence-electron chi connectivity index (χ0n) is 14.1. The predicted octanol–water partition coefficient (Wildman–Crippen LogP) is 3.44. The topological polar surface area (TPSA) is 135 Å². The second-order valence-electron chi connectivity index (χ2n) is 6.28. The third kappa shape index (κ3) is 2.58. The molecule has 1 atom stereocenters. The molecular weight excluding hydrogens is 366 g/mol. The monoisotopic (exact) mass is 379 g/mol. The molecule has 2 aromatic heterocycles. The van der Waals surface area contributed by atoms with Gasteiger partial charge in [0.2, 0.25) is 5.91 Å². The maximum absolute atomic E-state index is 12.2. The molecule has 4 rings (SSSR count). The van der Waals surface area contributed by atoms with Gasteiger partial charge in [0.05, 0.1) is 20.7 Å². The van der Waals surface area contributed by atoms with Crippen LogP contribution in [0.1, 0.15) is 34.6 Å². The van der Waals surface area contributed by atoms with Crippen LogP contribution in [-0.2, 0) is 4.79 Å². The van der Waals surface area contributed by atoms with Crippen LogP contribution in [-0.4, -0.2) is 15.8 Å². The van der Waals surface area contributed by atoms with Gasteiger partial charge in [0.25, 0.3) is 5.69 Å². The van der Waals surface area contributed by atoms with Gasteiger partial charge in [-0.25, -0.2) is 4.98 Å². The first-order valence-corrected chi connectivity index (χ1v) is 8.89. The summed E-state index contributed by atoms with van der Waals surface area (Å²) in [6.07, 6.45) is 0.206. The summed E-state index contributed by atoms with van der Waals surface area (Å²) in [7, 11) is 0. The number of non-ortho nitro benzene ring substituents is 1. The van der Waals surface area contributed by atoms with Gasteiger partial charge in [0.15, 0.2) is 0 Å². The average Bonchev–Trinajstić information content (AvgIpc) is 3.00. The summed E-state index contributed by atoms with van der Waals surface area (Å²) >= 11 is 1.37. The van der Waals surface area contributed by atoms with E-state index in [9.17, 15) is 20.2 Å². The van der Waals surface area contributed by atoms with Crippen molar-refractivity contribution >= 4 is 44.0 Å². The average molecular weight is 379 g/mol. The van der Waals surface area contributed by atoms with Crippen molar-refractivity contribution in [2.75, 3.05) is 11.1 Å². The molecule has 3 aromatic rings. The fourth-order valence-corrected chi connectivity index (χ4v) is 4.64. The number of nitro benzene ring substituents is 1. The van der Waals surface area contributed by atoms with Gasteiger partial charge in [0.1, 0.15) is 16.9 Å². The Labute approximate surface area is 157 Å². The van der Waals surface area contributed by atoms with Gasteiger partial charge in [-0.1, -0.05) is 12.1 Å². The molecule has 3 N–H and O–H groups in total. The number of aromatic nitrogens is 1. The van der Waals surface area contributed by atoms with Crippen molar-refractivity contribution in [3.63, 3.8) is 0 Å². The molecule has 0 spiro atoms. The standard InChI is InChI=1S/C18H13N5O3S/c1-8-12(7-19)17(20)22-15-14-11(6-13(24)21-18(14)27-16(8)15)9-2-4-10(5-3-9)23(25)26/h2-5,11H,6H2,1H3,(H2,20,22)(H,21,24)/t11-/m0/s1. The number of pyridine rings is 1. The van der Waals surface area contributed by atoms with Crippen LogP contribution in [0.15, 0.2) is 24.3 Å². The molecule has 134 valence electrons. The lowest BCUT2D eigenvalue weighted by Crippen LogP contribution is -2.22. The first kappa shape index (κ1) is 16.9. The molecule has 0 saturated heterocycles. The number of nitrogens with one attached hydrogen (secondary N) is 1. The number of nitrogen functional groups attached to an aromatic ring is 1. The number of rotatable bonds is 2. The Morgan fingerprint density at radius 1 is 1.41 bits per heavy atom. The van der Waals surface area contributed by atoms with E-state index >= 15 is 0 Å². The van der Waals surface area contributed by atoms with Crippen molar-refractivity contribution < 1.29 is 9.72 Å². The third-order valence-electron chi connectivity index (χ3n) is 4.73. The van der Waals surface area contributed by atoms with Gasteiger partial charge >= 0.3 is 0 Å². The number of hydrogen-bond acceptors (Lipinski definition) is 7. The van der Waals surface area contributed by atoms with Crippen LogP contribution in [0.4, 0.5) is 16.5 Å². The number of amides is 1. The minimum atomic E-state index is -0.461. The Bertz CT molecular complexity index is 1160. The number of hydrogen-bond donors (Lipinski definition) is 2. The number of nitrogens with zero attached hydrogens (tertiary/aromatic N) is 3. The normalized spacial score (nSPS) is 15.9. The SMILES string of the molecule is Cc1c(C#N)c(N)nc2c3c(sc12)NC(=O)C[C@H]3c1ccc([N+](=O)[O-])cc1. The van der Waals surface area contributed by atoms with E-state index in [2.05, 4.69) is 16.4 Å². The number of nitro groups is 1. The number of nitriles is 1. The highest BCUT2D eigenvalue weighted by molar-refractivity contribution is 7.23. The molecule has 1 amide bonds. The lowest BCUT2D eigenvalue weighted by Gasteiger charge is -2.23. The second-order valence-corrected chi connectivity index (χ2v) is 7.31. The van der Waals surface area contributed by atoms with Gasteiger partial charge in [-0.15, -0.1) is 11.3 Å². The minimum Gasteiger partial charge on any atom is -0.383 e. The van der Waals surface area contributed by atoms with Crippen molar-refractivity contribution in [1.29, 1.82) is 5.26 Å². The van der Waals surface area contributed by atoms with Crippen LogP contribution >= 0.6 is 11.3 Å². The van der Waals surface area contributed by atoms with Gasteiger partial charge < -0.3 is 11.1 Å². The Hall–Kier alpha value is -3.51. The molecule has 1 aliphatic heterocycles. The minimum absolute atomic E-state index is 0.00807. The van der Waals surface area contributed by atoms with Crippen LogP contribution in [0.2, 0.25) is 0 Å². The molecule has 0 fully saturated rings. The molecule has 9 heteroatoms. The Balaban J connectivity index is 1.94. The van der Waals surface area contributed by atoms with Crippen LogP contribution in [0.3, 0.4) is 0 Å². The van der Waals surface area contributed by atoms with E-state index in [1.165, 1.54) is 23.5 Å². The molecule has 0 bridgehead atoms. The van der Waals surface area contributed by atoms with Crippen LogP contribution in [0.5, 0.6) is 0 Å². The number of aryl methyl sites for hydroxylation is 1. The highest BCUT2D eigenvalue weighted by Gasteiger charge is 2.32. The summed E-state index contributed by atoms with van der Waals surface area (Å²) in [5.41, 5.74) is 9.31. The molecule has 1 aromatic carbocycles. The second kappa shape index (κ2) is 6.03. The van der Waals surface area contributed by atoms with Crippen LogP contribution < -0.4 is 11.1 Å². The zero-order chi connectivity index (χ0) is 19.3. The summed E-state index contributed by atoms with van der Waals surface area (Å²) in [6, 6.07) is 8.25. The first-order chi connectivity index (χ1) is 12.9. The van der Waals surface area contributed by atoms with Gasteiger partial charge in [-0.2, -0.15) is 5.26 Å².